The first kappa shape index (κ1) is 23.5. The van der Waals surface area contributed by atoms with Gasteiger partial charge in [-0.05, 0) is 0 Å². The van der Waals surface area contributed by atoms with E-state index in [4.69, 9.17) is 21.1 Å². The number of carbonyl (C=O) groups is 4. The molecule has 0 aliphatic heterocycles. The fourth-order valence-electron chi connectivity index (χ4n) is 1.08. The standard InChI is InChI=1S/C8H11NO8.2Mg.4H/c9-3-6(14)17-8(7(15)16,1-4(10)11)2-5(12)13;;;;;;/h1-3,9H2,(H,10,11)(H,12,13)(H,15,16);;;;;;/q;2*+2;4*-1. The molecule has 0 heterocycles. The van der Waals surface area contributed by atoms with E-state index in [9.17, 15) is 19.2 Å². The molecule has 0 saturated carbocycles. The second-order valence-corrected chi connectivity index (χ2v) is 3.12. The predicted octanol–water partition coefficient (Wildman–Crippen LogP) is -2.05. The van der Waals surface area contributed by atoms with Gasteiger partial charge in [0.15, 0.2) is 0 Å². The number of hydrogen-bond acceptors (Lipinski definition) is 6. The second kappa shape index (κ2) is 10.2. The Hall–Kier alpha value is -0.628. The summed E-state index contributed by atoms with van der Waals surface area (Å²) >= 11 is 0. The molecule has 0 bridgehead atoms. The van der Waals surface area contributed by atoms with Crippen molar-refractivity contribution in [3.8, 4) is 0 Å². The molecule has 0 amide bonds. The molecule has 104 valence electrons. The van der Waals surface area contributed by atoms with Gasteiger partial charge in [0.25, 0.3) is 0 Å². The molecule has 0 aromatic rings. The molecule has 9 nitrogen and oxygen atoms in total. The van der Waals surface area contributed by atoms with E-state index in [1.54, 1.807) is 0 Å². The van der Waals surface area contributed by atoms with Gasteiger partial charge in [-0.25, -0.2) is 4.79 Å². The van der Waals surface area contributed by atoms with Crippen LogP contribution in [0.25, 0.3) is 0 Å². The predicted molar refractivity (Wildman–Crippen MR) is 66.0 cm³/mol. The van der Waals surface area contributed by atoms with Crippen molar-refractivity contribution < 1.29 is 44.9 Å². The average molecular weight is 302 g/mol. The molecule has 0 spiro atoms. The van der Waals surface area contributed by atoms with E-state index in [1.807, 2.05) is 0 Å². The van der Waals surface area contributed by atoms with Gasteiger partial charge < -0.3 is 31.5 Å². The Morgan fingerprint density at radius 1 is 1.00 bits per heavy atom. The van der Waals surface area contributed by atoms with Crippen LogP contribution >= 0.6 is 0 Å². The van der Waals surface area contributed by atoms with E-state index < -0.39 is 48.9 Å². The number of carboxylic acid groups (broad SMARTS) is 3. The van der Waals surface area contributed by atoms with Crippen molar-refractivity contribution in [1.29, 1.82) is 0 Å². The molecule has 0 rings (SSSR count). The Morgan fingerprint density at radius 3 is 1.58 bits per heavy atom. The number of ether oxygens (including phenoxy) is 1. The third-order valence-electron chi connectivity index (χ3n) is 1.74. The first-order valence-electron chi connectivity index (χ1n) is 4.32. The number of esters is 1. The van der Waals surface area contributed by atoms with Gasteiger partial charge in [-0.2, -0.15) is 0 Å². The average Bonchev–Trinajstić information content (AvgIpc) is 2.14. The van der Waals surface area contributed by atoms with Gasteiger partial charge in [0.2, 0.25) is 5.60 Å². The molecular weight excluding hydrogens is 287 g/mol. The Balaban J connectivity index is -0.0000000853. The van der Waals surface area contributed by atoms with Gasteiger partial charge in [0.1, 0.15) is 0 Å². The topological polar surface area (TPSA) is 164 Å². The molecule has 0 unspecified atom stereocenters. The fraction of sp³-hybridized carbons (Fsp3) is 0.500. The summed E-state index contributed by atoms with van der Waals surface area (Å²) in [4.78, 5) is 42.8. The number of hydrogen-bond donors (Lipinski definition) is 4. The van der Waals surface area contributed by atoms with Crippen LogP contribution in [0, 0.1) is 0 Å². The summed E-state index contributed by atoms with van der Waals surface area (Å²) in [6.45, 7) is -0.686. The van der Waals surface area contributed by atoms with E-state index in [-0.39, 0.29) is 51.8 Å². The van der Waals surface area contributed by atoms with Crippen molar-refractivity contribution in [1.82, 2.24) is 0 Å². The Bertz CT molecular complexity index is 358. The maximum atomic E-state index is 10.9. The van der Waals surface area contributed by atoms with Crippen LogP contribution in [0.1, 0.15) is 18.5 Å². The van der Waals surface area contributed by atoms with Crippen LogP contribution in [0.5, 0.6) is 0 Å². The summed E-state index contributed by atoms with van der Waals surface area (Å²) in [5.41, 5.74) is 2.23. The van der Waals surface area contributed by atoms with E-state index in [2.05, 4.69) is 4.74 Å². The molecule has 0 atom stereocenters. The molecule has 5 N–H and O–H groups in total. The Kier molecular flexibility index (Phi) is 12.6. The summed E-state index contributed by atoms with van der Waals surface area (Å²) in [5, 5.41) is 25.9. The second-order valence-electron chi connectivity index (χ2n) is 3.12. The first-order valence-corrected chi connectivity index (χ1v) is 4.32. The molecule has 11 heteroatoms. The molecule has 0 aliphatic rings. The molecule has 0 aromatic carbocycles. The minimum Gasteiger partial charge on any atom is -1.00 e. The van der Waals surface area contributed by atoms with Crippen molar-refractivity contribution in [2.75, 3.05) is 6.54 Å². The minimum atomic E-state index is -2.64. The van der Waals surface area contributed by atoms with Gasteiger partial charge in [-0.1, -0.05) is 0 Å². The zero-order valence-corrected chi connectivity index (χ0v) is 12.8. The molecule has 0 radical (unpaired) electrons. The summed E-state index contributed by atoms with van der Waals surface area (Å²) in [6.07, 6.45) is -2.33. The number of carboxylic acids is 3. The van der Waals surface area contributed by atoms with Crippen LogP contribution in [0.3, 0.4) is 0 Å². The summed E-state index contributed by atoms with van der Waals surface area (Å²) in [6, 6.07) is 0. The van der Waals surface area contributed by atoms with Gasteiger partial charge >= 0.3 is 70.0 Å². The van der Waals surface area contributed by atoms with Gasteiger partial charge in [0.05, 0.1) is 19.4 Å². The van der Waals surface area contributed by atoms with Crippen LogP contribution < -0.4 is 5.73 Å². The van der Waals surface area contributed by atoms with E-state index in [1.165, 1.54) is 0 Å². The number of carbonyl (C=O) groups excluding carboxylic acids is 1. The van der Waals surface area contributed by atoms with Crippen LogP contribution in [-0.4, -0.2) is 97.4 Å². The minimum absolute atomic E-state index is 0. The third kappa shape index (κ3) is 8.20. The van der Waals surface area contributed by atoms with Crippen molar-refractivity contribution in [3.63, 3.8) is 0 Å². The molecule has 0 aromatic heterocycles. The Labute approximate surface area is 145 Å². The van der Waals surface area contributed by atoms with Gasteiger partial charge in [0, 0.05) is 0 Å². The van der Waals surface area contributed by atoms with Gasteiger partial charge in [-0.15, -0.1) is 0 Å². The zero-order valence-electron chi connectivity index (χ0n) is 14.0. The zero-order chi connectivity index (χ0) is 13.6. The van der Waals surface area contributed by atoms with Crippen molar-refractivity contribution in [2.24, 2.45) is 5.73 Å². The summed E-state index contributed by atoms with van der Waals surface area (Å²) in [7, 11) is 0. The van der Waals surface area contributed by atoms with Crippen LogP contribution in [0.15, 0.2) is 0 Å². The molecule has 0 aliphatic carbocycles. The van der Waals surface area contributed by atoms with Crippen molar-refractivity contribution in [2.45, 2.75) is 18.4 Å². The first-order chi connectivity index (χ1) is 7.73. The Morgan fingerprint density at radius 2 is 1.37 bits per heavy atom. The number of nitrogens with two attached hydrogens (primary N) is 1. The van der Waals surface area contributed by atoms with Gasteiger partial charge in [-0.3, -0.25) is 14.4 Å². The molecule has 0 saturated heterocycles. The summed E-state index contributed by atoms with van der Waals surface area (Å²) < 4.78 is 4.35. The van der Waals surface area contributed by atoms with Crippen LogP contribution in [0.4, 0.5) is 0 Å². The fourth-order valence-corrected chi connectivity index (χ4v) is 1.08. The van der Waals surface area contributed by atoms with E-state index in [0.717, 1.165) is 0 Å². The van der Waals surface area contributed by atoms with Crippen molar-refractivity contribution >= 4 is 70.0 Å². The van der Waals surface area contributed by atoms with Crippen LogP contribution in [0.2, 0.25) is 0 Å². The van der Waals surface area contributed by atoms with Crippen LogP contribution in [-0.2, 0) is 23.9 Å². The molecule has 19 heavy (non-hydrogen) atoms. The third-order valence-corrected chi connectivity index (χ3v) is 1.74. The van der Waals surface area contributed by atoms with E-state index >= 15 is 0 Å². The number of rotatable bonds is 7. The smallest absolute Gasteiger partial charge is 1.00 e. The summed E-state index contributed by atoms with van der Waals surface area (Å²) in [5.74, 6) is -6.28. The SMILES string of the molecule is NCC(=O)OC(CC(=O)O)(CC(=O)O)C(=O)O.[H-].[H-].[H-].[H-].[Mg+2].[Mg+2]. The maximum Gasteiger partial charge on any atom is 2.00 e. The quantitative estimate of drug-likeness (QED) is 0.306. The normalized spacial score (nSPS) is 9.53. The monoisotopic (exact) mass is 301 g/mol. The van der Waals surface area contributed by atoms with Crippen molar-refractivity contribution in [3.05, 3.63) is 0 Å². The molecular formula is C8H15Mg2NO8. The number of aliphatic carboxylic acids is 3. The largest absolute Gasteiger partial charge is 2.00 e. The van der Waals surface area contributed by atoms with E-state index in [0.29, 0.717) is 0 Å². The molecule has 0 fully saturated rings. The maximum absolute atomic E-state index is 10.9.